The van der Waals surface area contributed by atoms with E-state index in [0.717, 1.165) is 49.9 Å². The lowest BCUT2D eigenvalue weighted by Gasteiger charge is -2.35. The highest BCUT2D eigenvalue weighted by Gasteiger charge is 2.39. The lowest BCUT2D eigenvalue weighted by atomic mass is 9.96. The van der Waals surface area contributed by atoms with Crippen molar-refractivity contribution in [2.75, 3.05) is 30.4 Å². The molecule has 1 aromatic rings. The molecule has 5 heteroatoms. The fraction of sp³-hybridized carbons (Fsp3) is 0.727. The number of rotatable bonds is 1. The normalized spacial score (nSPS) is 27.6. The predicted molar refractivity (Wildman–Crippen MR) is 62.9 cm³/mol. The summed E-state index contributed by atoms with van der Waals surface area (Å²) in [7, 11) is 0. The van der Waals surface area contributed by atoms with Crippen LogP contribution in [0.2, 0.25) is 0 Å². The van der Waals surface area contributed by atoms with Crippen molar-refractivity contribution < 1.29 is 4.74 Å². The molecule has 1 fully saturated rings. The maximum Gasteiger partial charge on any atom is 0.148 e. The van der Waals surface area contributed by atoms with Crippen molar-refractivity contribution in [3.63, 3.8) is 0 Å². The average molecular weight is 222 g/mol. The number of fused-ring (bicyclic) bond motifs is 1. The molecule has 1 atom stereocenters. The Kier molecular flexibility index (Phi) is 2.10. The van der Waals surface area contributed by atoms with Gasteiger partial charge in [-0.2, -0.15) is 5.10 Å². The maximum absolute atomic E-state index is 5.50. The average Bonchev–Trinajstić information content (AvgIpc) is 2.85. The quantitative estimate of drug-likeness (QED) is 0.750. The van der Waals surface area contributed by atoms with Crippen LogP contribution in [-0.2, 0) is 11.3 Å². The first-order chi connectivity index (χ1) is 7.74. The molecule has 2 aliphatic heterocycles. The molecule has 88 valence electrons. The summed E-state index contributed by atoms with van der Waals surface area (Å²) in [4.78, 5) is 0. The molecular formula is C11H18N4O. The van der Waals surface area contributed by atoms with Crippen molar-refractivity contribution in [2.45, 2.75) is 32.4 Å². The minimum absolute atomic E-state index is 0.0758. The second-order valence-electron chi connectivity index (χ2n) is 4.69. The lowest BCUT2D eigenvalue weighted by molar-refractivity contribution is 0.183. The van der Waals surface area contributed by atoms with E-state index in [1.807, 2.05) is 11.6 Å². The molecule has 1 saturated heterocycles. The Balaban J connectivity index is 1.98. The van der Waals surface area contributed by atoms with Gasteiger partial charge in [0.15, 0.2) is 0 Å². The van der Waals surface area contributed by atoms with E-state index in [0.29, 0.717) is 0 Å². The molecule has 3 heterocycles. The number of aromatic nitrogens is 2. The van der Waals surface area contributed by atoms with Gasteiger partial charge in [0.2, 0.25) is 0 Å². The maximum atomic E-state index is 5.50. The van der Waals surface area contributed by atoms with Gasteiger partial charge in [0.05, 0.1) is 17.8 Å². The van der Waals surface area contributed by atoms with Crippen LogP contribution in [0, 0.1) is 6.92 Å². The zero-order valence-corrected chi connectivity index (χ0v) is 9.84. The number of nitrogens with zero attached hydrogens (tertiary/aromatic N) is 2. The Morgan fingerprint density at radius 1 is 1.56 bits per heavy atom. The fourth-order valence-corrected chi connectivity index (χ4v) is 2.55. The van der Waals surface area contributed by atoms with Crippen molar-refractivity contribution in [1.29, 1.82) is 0 Å². The molecule has 0 bridgehead atoms. The summed E-state index contributed by atoms with van der Waals surface area (Å²) in [6, 6.07) is 0. The molecule has 0 amide bonds. The Morgan fingerprint density at radius 2 is 2.44 bits per heavy atom. The van der Waals surface area contributed by atoms with Gasteiger partial charge in [-0.1, -0.05) is 0 Å². The van der Waals surface area contributed by atoms with Crippen LogP contribution in [0.4, 0.5) is 11.5 Å². The van der Waals surface area contributed by atoms with Crippen LogP contribution in [0.5, 0.6) is 0 Å². The molecule has 0 radical (unpaired) electrons. The van der Waals surface area contributed by atoms with Crippen LogP contribution < -0.4 is 10.6 Å². The number of hydrogen-bond acceptors (Lipinski definition) is 4. The van der Waals surface area contributed by atoms with Crippen molar-refractivity contribution in [2.24, 2.45) is 0 Å². The van der Waals surface area contributed by atoms with Crippen LogP contribution in [-0.4, -0.2) is 35.1 Å². The van der Waals surface area contributed by atoms with Gasteiger partial charge in [-0.3, -0.25) is 0 Å². The zero-order valence-electron chi connectivity index (χ0n) is 9.84. The fourth-order valence-electron chi connectivity index (χ4n) is 2.55. The van der Waals surface area contributed by atoms with E-state index in [1.54, 1.807) is 0 Å². The summed E-state index contributed by atoms with van der Waals surface area (Å²) in [5.41, 5.74) is 2.30. The minimum Gasteiger partial charge on any atom is -0.379 e. The predicted octanol–water partition coefficient (Wildman–Crippen LogP) is 1.21. The Morgan fingerprint density at radius 3 is 3.12 bits per heavy atom. The van der Waals surface area contributed by atoms with Gasteiger partial charge >= 0.3 is 0 Å². The van der Waals surface area contributed by atoms with Gasteiger partial charge in [0.1, 0.15) is 11.5 Å². The lowest BCUT2D eigenvalue weighted by Crippen LogP contribution is -2.48. The zero-order chi connectivity index (χ0) is 11.2. The molecular weight excluding hydrogens is 204 g/mol. The second kappa shape index (κ2) is 3.38. The van der Waals surface area contributed by atoms with Gasteiger partial charge in [0.25, 0.3) is 0 Å². The van der Waals surface area contributed by atoms with Crippen LogP contribution in [0.3, 0.4) is 0 Å². The monoisotopic (exact) mass is 222 g/mol. The number of nitrogens with one attached hydrogen (secondary N) is 2. The summed E-state index contributed by atoms with van der Waals surface area (Å²) in [6.07, 6.45) is 1.06. The molecule has 0 saturated carbocycles. The first-order valence-electron chi connectivity index (χ1n) is 5.91. The number of aryl methyl sites for hydroxylation is 2. The molecule has 3 rings (SSSR count). The SMILES string of the molecule is CCn1nc(C)c2c1NC1(CCOC1)CN2. The number of hydrogen-bond donors (Lipinski definition) is 2. The summed E-state index contributed by atoms with van der Waals surface area (Å²) in [5.74, 6) is 1.12. The summed E-state index contributed by atoms with van der Waals surface area (Å²) < 4.78 is 7.53. The van der Waals surface area contributed by atoms with Crippen molar-refractivity contribution >= 4 is 11.5 Å². The second-order valence-corrected chi connectivity index (χ2v) is 4.69. The van der Waals surface area contributed by atoms with Gasteiger partial charge in [-0.25, -0.2) is 4.68 Å². The third kappa shape index (κ3) is 1.31. The van der Waals surface area contributed by atoms with Gasteiger partial charge < -0.3 is 15.4 Å². The Labute approximate surface area is 95.2 Å². The molecule has 1 spiro atoms. The Bertz CT molecular complexity index is 406. The number of ether oxygens (including phenoxy) is 1. The third-order valence-corrected chi connectivity index (χ3v) is 3.52. The summed E-state index contributed by atoms with van der Waals surface area (Å²) in [6.45, 7) is 7.61. The van der Waals surface area contributed by atoms with Gasteiger partial charge in [-0.05, 0) is 20.3 Å². The standard InChI is InChI=1S/C11H18N4O/c1-3-15-10-9(8(2)14-15)12-6-11(13-10)4-5-16-7-11/h12-13H,3-7H2,1-2H3. The van der Waals surface area contributed by atoms with E-state index in [4.69, 9.17) is 4.74 Å². The highest BCUT2D eigenvalue weighted by molar-refractivity contribution is 5.71. The molecule has 2 aliphatic rings. The van der Waals surface area contributed by atoms with Crippen LogP contribution in [0.15, 0.2) is 0 Å². The molecule has 1 unspecified atom stereocenters. The smallest absolute Gasteiger partial charge is 0.148 e. The molecule has 1 aromatic heterocycles. The van der Waals surface area contributed by atoms with Crippen molar-refractivity contribution in [3.05, 3.63) is 5.69 Å². The van der Waals surface area contributed by atoms with E-state index in [2.05, 4.69) is 22.7 Å². The number of anilines is 2. The first-order valence-corrected chi connectivity index (χ1v) is 5.91. The van der Waals surface area contributed by atoms with Crippen LogP contribution in [0.1, 0.15) is 19.0 Å². The van der Waals surface area contributed by atoms with Gasteiger partial charge in [-0.15, -0.1) is 0 Å². The van der Waals surface area contributed by atoms with Crippen LogP contribution in [0.25, 0.3) is 0 Å². The molecule has 0 aliphatic carbocycles. The Hall–Kier alpha value is -1.23. The minimum atomic E-state index is 0.0758. The van der Waals surface area contributed by atoms with E-state index in [1.165, 1.54) is 0 Å². The molecule has 16 heavy (non-hydrogen) atoms. The molecule has 5 nitrogen and oxygen atoms in total. The van der Waals surface area contributed by atoms with Gasteiger partial charge in [0, 0.05) is 19.7 Å². The largest absolute Gasteiger partial charge is 0.379 e. The summed E-state index contributed by atoms with van der Waals surface area (Å²) in [5, 5.41) is 11.6. The van der Waals surface area contributed by atoms with E-state index in [-0.39, 0.29) is 5.54 Å². The molecule has 0 aromatic carbocycles. The van der Waals surface area contributed by atoms with Crippen molar-refractivity contribution in [3.8, 4) is 0 Å². The topological polar surface area (TPSA) is 51.1 Å². The highest BCUT2D eigenvalue weighted by atomic mass is 16.5. The van der Waals surface area contributed by atoms with E-state index >= 15 is 0 Å². The van der Waals surface area contributed by atoms with E-state index < -0.39 is 0 Å². The van der Waals surface area contributed by atoms with Crippen LogP contribution >= 0.6 is 0 Å². The third-order valence-electron chi connectivity index (χ3n) is 3.52. The van der Waals surface area contributed by atoms with E-state index in [9.17, 15) is 0 Å². The molecule has 2 N–H and O–H groups in total. The van der Waals surface area contributed by atoms with Crippen molar-refractivity contribution in [1.82, 2.24) is 9.78 Å². The first kappa shape index (κ1) is 9.96. The highest BCUT2D eigenvalue weighted by Crippen LogP contribution is 2.36. The summed E-state index contributed by atoms with van der Waals surface area (Å²) >= 11 is 0.